The summed E-state index contributed by atoms with van der Waals surface area (Å²) < 4.78 is 12.2. The first-order chi connectivity index (χ1) is 12.1. The predicted molar refractivity (Wildman–Crippen MR) is 95.4 cm³/mol. The average molecular weight is 403 g/mol. The molecule has 0 atom stereocenters. The molecule has 1 amide bonds. The number of aromatic nitrogens is 3. The molecule has 0 fully saturated rings. The number of ether oxygens (including phenoxy) is 2. The van der Waals surface area contributed by atoms with Gasteiger partial charge in [-0.3, -0.25) is 4.79 Å². The van der Waals surface area contributed by atoms with Crippen molar-refractivity contribution < 1.29 is 14.3 Å². The van der Waals surface area contributed by atoms with Crippen LogP contribution in [0.1, 0.15) is 16.1 Å². The van der Waals surface area contributed by atoms with Gasteiger partial charge in [-0.2, -0.15) is 15.4 Å². The summed E-state index contributed by atoms with van der Waals surface area (Å²) in [4.78, 5) is 11.4. The monoisotopic (exact) mass is 402 g/mol. The van der Waals surface area contributed by atoms with Crippen molar-refractivity contribution in [3.63, 3.8) is 0 Å². The van der Waals surface area contributed by atoms with Crippen molar-refractivity contribution in [1.82, 2.24) is 15.4 Å². The zero-order valence-corrected chi connectivity index (χ0v) is 14.9. The topological polar surface area (TPSA) is 103 Å². The number of hydrogen-bond acceptors (Lipinski definition) is 5. The van der Waals surface area contributed by atoms with Crippen LogP contribution in [-0.2, 0) is 6.61 Å². The van der Waals surface area contributed by atoms with Gasteiger partial charge in [-0.1, -0.05) is 28.1 Å². The lowest BCUT2D eigenvalue weighted by molar-refractivity contribution is 0.0996. The fourth-order valence-corrected chi connectivity index (χ4v) is 2.77. The van der Waals surface area contributed by atoms with Gasteiger partial charge in [0.2, 0.25) is 0 Å². The Morgan fingerprint density at radius 3 is 2.76 bits per heavy atom. The predicted octanol–water partition coefficient (Wildman–Crippen LogP) is 2.92. The van der Waals surface area contributed by atoms with E-state index in [2.05, 4.69) is 31.3 Å². The fourth-order valence-electron chi connectivity index (χ4n) is 2.33. The molecule has 128 valence electrons. The number of hydrogen-bond donors (Lipinski definition) is 2. The van der Waals surface area contributed by atoms with Crippen LogP contribution in [0.25, 0.3) is 11.3 Å². The highest BCUT2D eigenvalue weighted by molar-refractivity contribution is 9.10. The number of nitrogens with zero attached hydrogens (tertiary/aromatic N) is 2. The Morgan fingerprint density at radius 2 is 2.04 bits per heavy atom. The maximum absolute atomic E-state index is 11.4. The van der Waals surface area contributed by atoms with Gasteiger partial charge in [-0.25, -0.2) is 0 Å². The zero-order chi connectivity index (χ0) is 17.8. The number of amides is 1. The Balaban J connectivity index is 1.84. The van der Waals surface area contributed by atoms with Crippen molar-refractivity contribution in [1.29, 1.82) is 0 Å². The van der Waals surface area contributed by atoms with Crippen molar-refractivity contribution in [2.45, 2.75) is 6.61 Å². The standard InChI is InChI=1S/C17H15BrN4O3/c1-24-14-8-11(15-16(17(19)23)21-22-20-15)5-6-13(14)25-9-10-3-2-4-12(18)7-10/h2-8H,9H2,1H3,(H2,19,23)(H,20,21,22). The molecule has 3 N–H and O–H groups in total. The second-order valence-electron chi connectivity index (χ2n) is 5.17. The van der Waals surface area contributed by atoms with Crippen LogP contribution in [0, 0.1) is 0 Å². The first-order valence-corrected chi connectivity index (χ1v) is 8.14. The lowest BCUT2D eigenvalue weighted by Crippen LogP contribution is -2.12. The summed E-state index contributed by atoms with van der Waals surface area (Å²) in [6.07, 6.45) is 0. The molecule has 7 nitrogen and oxygen atoms in total. The van der Waals surface area contributed by atoms with Crippen LogP contribution >= 0.6 is 15.9 Å². The number of nitrogens with one attached hydrogen (secondary N) is 1. The maximum atomic E-state index is 11.4. The number of carbonyl (C=O) groups excluding carboxylic acids is 1. The second kappa shape index (κ2) is 7.35. The molecule has 0 aliphatic heterocycles. The van der Waals surface area contributed by atoms with E-state index in [0.29, 0.717) is 29.4 Å². The van der Waals surface area contributed by atoms with E-state index in [4.69, 9.17) is 15.2 Å². The number of rotatable bonds is 6. The van der Waals surface area contributed by atoms with Gasteiger partial charge in [0.15, 0.2) is 17.2 Å². The van der Waals surface area contributed by atoms with E-state index in [1.807, 2.05) is 24.3 Å². The average Bonchev–Trinajstić information content (AvgIpc) is 3.10. The molecule has 8 heteroatoms. The summed E-state index contributed by atoms with van der Waals surface area (Å²) in [7, 11) is 1.54. The third kappa shape index (κ3) is 3.80. The van der Waals surface area contributed by atoms with Crippen molar-refractivity contribution in [3.05, 3.63) is 58.2 Å². The highest BCUT2D eigenvalue weighted by Gasteiger charge is 2.17. The third-order valence-electron chi connectivity index (χ3n) is 3.50. The van der Waals surface area contributed by atoms with E-state index in [-0.39, 0.29) is 5.69 Å². The largest absolute Gasteiger partial charge is 0.493 e. The molecule has 0 radical (unpaired) electrons. The summed E-state index contributed by atoms with van der Waals surface area (Å²) in [6.45, 7) is 0.394. The number of carbonyl (C=O) groups is 1. The van der Waals surface area contributed by atoms with Gasteiger partial charge in [0.25, 0.3) is 5.91 Å². The lowest BCUT2D eigenvalue weighted by atomic mass is 10.1. The summed E-state index contributed by atoms with van der Waals surface area (Å²) in [5.41, 5.74) is 7.41. The fraction of sp³-hybridized carbons (Fsp3) is 0.118. The van der Waals surface area contributed by atoms with Crippen molar-refractivity contribution in [2.24, 2.45) is 5.73 Å². The Kier molecular flexibility index (Phi) is 4.99. The van der Waals surface area contributed by atoms with Crippen LogP contribution in [-0.4, -0.2) is 28.4 Å². The van der Waals surface area contributed by atoms with Crippen molar-refractivity contribution >= 4 is 21.8 Å². The minimum atomic E-state index is -0.655. The molecule has 0 aliphatic carbocycles. The van der Waals surface area contributed by atoms with Crippen LogP contribution < -0.4 is 15.2 Å². The lowest BCUT2D eigenvalue weighted by Gasteiger charge is -2.12. The summed E-state index contributed by atoms with van der Waals surface area (Å²) in [5.74, 6) is 0.443. The smallest absolute Gasteiger partial charge is 0.271 e. The number of benzene rings is 2. The van der Waals surface area contributed by atoms with Crippen LogP contribution in [0.3, 0.4) is 0 Å². The Labute approximate surface area is 152 Å². The van der Waals surface area contributed by atoms with E-state index >= 15 is 0 Å². The molecular weight excluding hydrogens is 388 g/mol. The summed E-state index contributed by atoms with van der Waals surface area (Å²) in [6, 6.07) is 13.1. The third-order valence-corrected chi connectivity index (χ3v) is 3.99. The molecule has 0 saturated carbocycles. The first-order valence-electron chi connectivity index (χ1n) is 7.34. The van der Waals surface area contributed by atoms with E-state index < -0.39 is 5.91 Å². The van der Waals surface area contributed by atoms with Gasteiger partial charge in [-0.15, -0.1) is 0 Å². The van der Waals surface area contributed by atoms with E-state index in [1.165, 1.54) is 0 Å². The van der Waals surface area contributed by atoms with Gasteiger partial charge in [-0.05, 0) is 35.9 Å². The number of primary amides is 1. The molecule has 0 saturated heterocycles. The molecule has 25 heavy (non-hydrogen) atoms. The van der Waals surface area contributed by atoms with Crippen molar-refractivity contribution in [3.8, 4) is 22.8 Å². The molecule has 0 bridgehead atoms. The minimum absolute atomic E-state index is 0.0739. The Bertz CT molecular complexity index is 910. The molecule has 2 aromatic carbocycles. The summed E-state index contributed by atoms with van der Waals surface area (Å²) in [5, 5.41) is 10.1. The van der Waals surface area contributed by atoms with E-state index in [9.17, 15) is 4.79 Å². The Hall–Kier alpha value is -2.87. The van der Waals surface area contributed by atoms with Crippen LogP contribution in [0.15, 0.2) is 46.9 Å². The number of nitrogens with two attached hydrogens (primary N) is 1. The van der Waals surface area contributed by atoms with Crippen LogP contribution in [0.4, 0.5) is 0 Å². The molecular formula is C17H15BrN4O3. The quantitative estimate of drug-likeness (QED) is 0.659. The molecule has 3 rings (SSSR count). The number of H-pyrrole nitrogens is 1. The molecule has 3 aromatic rings. The molecule has 0 unspecified atom stereocenters. The highest BCUT2D eigenvalue weighted by Crippen LogP contribution is 2.33. The highest BCUT2D eigenvalue weighted by atomic mass is 79.9. The maximum Gasteiger partial charge on any atom is 0.271 e. The van der Waals surface area contributed by atoms with Gasteiger partial charge >= 0.3 is 0 Å². The molecule has 0 spiro atoms. The summed E-state index contributed by atoms with van der Waals surface area (Å²) >= 11 is 3.43. The minimum Gasteiger partial charge on any atom is -0.493 e. The Morgan fingerprint density at radius 1 is 1.20 bits per heavy atom. The van der Waals surface area contributed by atoms with E-state index in [1.54, 1.807) is 25.3 Å². The van der Waals surface area contributed by atoms with Crippen LogP contribution in [0.2, 0.25) is 0 Å². The number of aromatic amines is 1. The van der Waals surface area contributed by atoms with Gasteiger partial charge < -0.3 is 15.2 Å². The first kappa shape index (κ1) is 17.0. The van der Waals surface area contributed by atoms with Crippen molar-refractivity contribution in [2.75, 3.05) is 7.11 Å². The zero-order valence-electron chi connectivity index (χ0n) is 13.3. The number of halogens is 1. The molecule has 0 aliphatic rings. The molecule has 1 aromatic heterocycles. The SMILES string of the molecule is COc1cc(-c2n[nH]nc2C(N)=O)ccc1OCc1cccc(Br)c1. The van der Waals surface area contributed by atoms with Gasteiger partial charge in [0.05, 0.1) is 7.11 Å². The van der Waals surface area contributed by atoms with Gasteiger partial charge in [0.1, 0.15) is 12.3 Å². The number of methoxy groups -OCH3 is 1. The molecule has 1 heterocycles. The van der Waals surface area contributed by atoms with Gasteiger partial charge in [0, 0.05) is 10.0 Å². The normalized spacial score (nSPS) is 10.5. The van der Waals surface area contributed by atoms with E-state index in [0.717, 1.165) is 10.0 Å². The van der Waals surface area contributed by atoms with Crippen LogP contribution in [0.5, 0.6) is 11.5 Å². The second-order valence-corrected chi connectivity index (χ2v) is 6.08.